The fourth-order valence-electron chi connectivity index (χ4n) is 3.50. The standard InChI is InChI=1S/C20H23N5O3S/c26-18(5-6-19(27)23-12-7-16-15(14-23)8-13-29-16)21-9-3-11-25-20(28)24-10-2-1-4-17(24)22-25/h1-2,4,8,10,13H,3,5-7,9,11-12,14H2,(H,21,26). The molecule has 0 unspecified atom stereocenters. The van der Waals surface area contributed by atoms with Crippen LogP contribution in [0.15, 0.2) is 40.6 Å². The van der Waals surface area contributed by atoms with Crippen molar-refractivity contribution in [2.45, 2.75) is 38.8 Å². The molecule has 9 heteroatoms. The van der Waals surface area contributed by atoms with Gasteiger partial charge in [0.2, 0.25) is 11.8 Å². The van der Waals surface area contributed by atoms with E-state index in [0.717, 1.165) is 13.0 Å². The molecule has 0 saturated carbocycles. The molecule has 0 bridgehead atoms. The molecule has 1 aliphatic heterocycles. The minimum atomic E-state index is -0.187. The summed E-state index contributed by atoms with van der Waals surface area (Å²) in [5.74, 6) is -0.123. The molecule has 4 heterocycles. The molecule has 1 N–H and O–H groups in total. The Bertz CT molecular complexity index is 1080. The Morgan fingerprint density at radius 2 is 2.10 bits per heavy atom. The molecule has 3 aromatic rings. The topological polar surface area (TPSA) is 88.7 Å². The van der Waals surface area contributed by atoms with E-state index in [1.54, 1.807) is 29.7 Å². The van der Waals surface area contributed by atoms with Gasteiger partial charge in [-0.15, -0.1) is 16.4 Å². The van der Waals surface area contributed by atoms with Crippen LogP contribution in [0.1, 0.15) is 29.7 Å². The lowest BCUT2D eigenvalue weighted by Gasteiger charge is -2.27. The first-order valence-electron chi connectivity index (χ1n) is 9.76. The average Bonchev–Trinajstić information content (AvgIpc) is 3.33. The summed E-state index contributed by atoms with van der Waals surface area (Å²) in [6.45, 7) is 2.24. The van der Waals surface area contributed by atoms with Crippen molar-refractivity contribution in [2.24, 2.45) is 0 Å². The van der Waals surface area contributed by atoms with Crippen LogP contribution in [-0.4, -0.2) is 44.0 Å². The van der Waals surface area contributed by atoms with Gasteiger partial charge in [-0.1, -0.05) is 6.07 Å². The number of amides is 2. The summed E-state index contributed by atoms with van der Waals surface area (Å²) in [5.41, 5.74) is 1.64. The van der Waals surface area contributed by atoms with Crippen molar-refractivity contribution in [3.63, 3.8) is 0 Å². The molecular formula is C20H23N5O3S. The average molecular weight is 414 g/mol. The summed E-state index contributed by atoms with van der Waals surface area (Å²) in [6, 6.07) is 7.46. The predicted octanol–water partition coefficient (Wildman–Crippen LogP) is 1.43. The van der Waals surface area contributed by atoms with Gasteiger partial charge in [0.25, 0.3) is 0 Å². The van der Waals surface area contributed by atoms with Crippen LogP contribution < -0.4 is 11.0 Å². The number of carbonyl (C=O) groups is 2. The number of hydrogen-bond acceptors (Lipinski definition) is 5. The lowest BCUT2D eigenvalue weighted by molar-refractivity contribution is -0.134. The van der Waals surface area contributed by atoms with Crippen molar-refractivity contribution in [2.75, 3.05) is 13.1 Å². The maximum absolute atomic E-state index is 12.4. The summed E-state index contributed by atoms with van der Waals surface area (Å²) in [6.07, 6.45) is 3.57. The van der Waals surface area contributed by atoms with Crippen molar-refractivity contribution >= 4 is 28.8 Å². The van der Waals surface area contributed by atoms with E-state index >= 15 is 0 Å². The fourth-order valence-corrected chi connectivity index (χ4v) is 4.39. The molecule has 0 aromatic carbocycles. The predicted molar refractivity (Wildman–Crippen MR) is 110 cm³/mol. The second kappa shape index (κ2) is 8.60. The number of aromatic nitrogens is 3. The first-order chi connectivity index (χ1) is 14.1. The van der Waals surface area contributed by atoms with Gasteiger partial charge in [0, 0.05) is 50.1 Å². The summed E-state index contributed by atoms with van der Waals surface area (Å²) in [4.78, 5) is 39.8. The van der Waals surface area contributed by atoms with Crippen LogP contribution >= 0.6 is 11.3 Å². The first kappa shape index (κ1) is 19.4. The van der Waals surface area contributed by atoms with Crippen LogP contribution in [0.5, 0.6) is 0 Å². The molecule has 152 valence electrons. The molecule has 29 heavy (non-hydrogen) atoms. The van der Waals surface area contributed by atoms with Crippen molar-refractivity contribution in [1.82, 2.24) is 24.4 Å². The maximum Gasteiger partial charge on any atom is 0.350 e. The third kappa shape index (κ3) is 4.40. The molecule has 4 rings (SSSR count). The van der Waals surface area contributed by atoms with Gasteiger partial charge >= 0.3 is 5.69 Å². The highest BCUT2D eigenvalue weighted by Crippen LogP contribution is 2.24. The molecule has 0 radical (unpaired) electrons. The van der Waals surface area contributed by atoms with E-state index in [4.69, 9.17) is 0 Å². The van der Waals surface area contributed by atoms with E-state index in [1.807, 2.05) is 11.0 Å². The van der Waals surface area contributed by atoms with Gasteiger partial charge in [-0.3, -0.25) is 14.0 Å². The highest BCUT2D eigenvalue weighted by Gasteiger charge is 2.21. The Labute approximate surface area is 171 Å². The zero-order valence-electron chi connectivity index (χ0n) is 16.0. The van der Waals surface area contributed by atoms with Gasteiger partial charge in [0.1, 0.15) is 0 Å². The van der Waals surface area contributed by atoms with Crippen LogP contribution in [-0.2, 0) is 29.1 Å². The number of carbonyl (C=O) groups excluding carboxylic acids is 2. The Kier molecular flexibility index (Phi) is 5.75. The fraction of sp³-hybridized carbons (Fsp3) is 0.400. The number of nitrogens with one attached hydrogen (secondary N) is 1. The second-order valence-corrected chi connectivity index (χ2v) is 8.07. The molecule has 2 amide bonds. The quantitative estimate of drug-likeness (QED) is 0.594. The molecule has 3 aromatic heterocycles. The van der Waals surface area contributed by atoms with Gasteiger partial charge in [0.15, 0.2) is 5.65 Å². The molecule has 0 atom stereocenters. The zero-order chi connectivity index (χ0) is 20.2. The molecule has 8 nitrogen and oxygen atoms in total. The Morgan fingerprint density at radius 1 is 1.21 bits per heavy atom. The molecule has 0 spiro atoms. The van der Waals surface area contributed by atoms with Crippen molar-refractivity contribution in [1.29, 1.82) is 0 Å². The lowest BCUT2D eigenvalue weighted by atomic mass is 10.1. The molecule has 1 aliphatic rings. The smallest absolute Gasteiger partial charge is 0.350 e. The van der Waals surface area contributed by atoms with E-state index < -0.39 is 0 Å². The maximum atomic E-state index is 12.4. The van der Waals surface area contributed by atoms with Crippen LogP contribution in [0.4, 0.5) is 0 Å². The summed E-state index contributed by atoms with van der Waals surface area (Å²) >= 11 is 1.74. The summed E-state index contributed by atoms with van der Waals surface area (Å²) in [5, 5.41) is 9.14. The Morgan fingerprint density at radius 3 is 2.97 bits per heavy atom. The summed E-state index contributed by atoms with van der Waals surface area (Å²) in [7, 11) is 0. The monoisotopic (exact) mass is 413 g/mol. The van der Waals surface area contributed by atoms with Crippen LogP contribution in [0.2, 0.25) is 0 Å². The number of fused-ring (bicyclic) bond motifs is 2. The first-order valence-corrected chi connectivity index (χ1v) is 10.6. The number of aryl methyl sites for hydroxylation is 1. The van der Waals surface area contributed by atoms with E-state index in [2.05, 4.69) is 21.9 Å². The van der Waals surface area contributed by atoms with Crippen LogP contribution in [0, 0.1) is 0 Å². The van der Waals surface area contributed by atoms with Gasteiger partial charge in [-0.25, -0.2) is 9.48 Å². The highest BCUT2D eigenvalue weighted by atomic mass is 32.1. The van der Waals surface area contributed by atoms with Crippen molar-refractivity contribution in [3.05, 3.63) is 56.8 Å². The number of thiophene rings is 1. The Hall–Kier alpha value is -2.94. The third-order valence-electron chi connectivity index (χ3n) is 5.08. The third-order valence-corrected chi connectivity index (χ3v) is 6.11. The van der Waals surface area contributed by atoms with Crippen LogP contribution in [0.25, 0.3) is 5.65 Å². The lowest BCUT2D eigenvalue weighted by Crippen LogP contribution is -2.36. The van der Waals surface area contributed by atoms with E-state index in [9.17, 15) is 14.4 Å². The van der Waals surface area contributed by atoms with E-state index in [1.165, 1.54) is 19.5 Å². The number of rotatable bonds is 7. The van der Waals surface area contributed by atoms with Gasteiger partial charge in [0.05, 0.1) is 0 Å². The summed E-state index contributed by atoms with van der Waals surface area (Å²) < 4.78 is 2.89. The van der Waals surface area contributed by atoms with Crippen molar-refractivity contribution in [3.8, 4) is 0 Å². The highest BCUT2D eigenvalue weighted by molar-refractivity contribution is 7.10. The van der Waals surface area contributed by atoms with Gasteiger partial charge in [-0.2, -0.15) is 0 Å². The minimum absolute atomic E-state index is 0.0215. The van der Waals surface area contributed by atoms with Gasteiger partial charge < -0.3 is 10.2 Å². The SMILES string of the molecule is O=C(CCC(=O)N1CCc2sccc2C1)NCCCn1nc2ccccn2c1=O. The van der Waals surface area contributed by atoms with E-state index in [-0.39, 0.29) is 30.3 Å². The molecular weight excluding hydrogens is 390 g/mol. The molecule has 0 fully saturated rings. The Balaban J connectivity index is 1.17. The number of pyridine rings is 1. The zero-order valence-corrected chi connectivity index (χ0v) is 16.9. The largest absolute Gasteiger partial charge is 0.356 e. The van der Waals surface area contributed by atoms with E-state index in [0.29, 0.717) is 31.7 Å². The normalized spacial score (nSPS) is 13.4. The number of nitrogens with zero attached hydrogens (tertiary/aromatic N) is 4. The van der Waals surface area contributed by atoms with Gasteiger partial charge in [-0.05, 0) is 42.0 Å². The minimum Gasteiger partial charge on any atom is -0.356 e. The van der Waals surface area contributed by atoms with Crippen molar-refractivity contribution < 1.29 is 9.59 Å². The second-order valence-electron chi connectivity index (χ2n) is 7.07. The van der Waals surface area contributed by atoms with Crippen LogP contribution in [0.3, 0.4) is 0 Å². The molecule has 0 saturated heterocycles. The number of hydrogen-bond donors (Lipinski definition) is 1. The molecule has 0 aliphatic carbocycles.